The molecule has 0 aliphatic rings. The molecule has 1 aromatic carbocycles. The number of carbonyl (C=O) groups excluding carboxylic acids is 1. The monoisotopic (exact) mass is 387 g/mol. The van der Waals surface area contributed by atoms with Crippen LogP contribution in [0.2, 0.25) is 0 Å². The smallest absolute Gasteiger partial charge is 0.257 e. The highest BCUT2D eigenvalue weighted by Crippen LogP contribution is 2.21. The molecule has 0 aliphatic heterocycles. The van der Waals surface area contributed by atoms with E-state index in [0.717, 1.165) is 9.99 Å². The first-order valence-corrected chi connectivity index (χ1v) is 7.80. The highest BCUT2D eigenvalue weighted by atomic mass is 127. The zero-order valence-electron chi connectivity index (χ0n) is 10.5. The van der Waals surface area contributed by atoms with Crippen molar-refractivity contribution in [2.24, 2.45) is 0 Å². The minimum atomic E-state index is -0.146. The number of amides is 1. The lowest BCUT2D eigenvalue weighted by Crippen LogP contribution is -2.28. The first kappa shape index (κ1) is 14.3. The van der Waals surface area contributed by atoms with E-state index >= 15 is 0 Å². The second-order valence-electron chi connectivity index (χ2n) is 4.22. The molecule has 19 heavy (non-hydrogen) atoms. The van der Waals surface area contributed by atoms with Crippen LogP contribution in [0, 0.1) is 3.57 Å². The Kier molecular flexibility index (Phi) is 4.81. The Bertz CT molecular complexity index is 569. The number of hydrogen-bond donors (Lipinski definition) is 1. The van der Waals surface area contributed by atoms with Gasteiger partial charge in [0.2, 0.25) is 0 Å². The summed E-state index contributed by atoms with van der Waals surface area (Å²) >= 11 is 3.82. The number of phenolic OH excluding ortho intramolecular Hbond substituents is 1. The van der Waals surface area contributed by atoms with E-state index in [1.54, 1.807) is 41.5 Å². The predicted octanol–water partition coefficient (Wildman–Crippen LogP) is 3.37. The van der Waals surface area contributed by atoms with E-state index in [1.165, 1.54) is 4.88 Å². The molecule has 1 N–H and O–H groups in total. The van der Waals surface area contributed by atoms with E-state index in [1.807, 2.05) is 11.4 Å². The van der Waals surface area contributed by atoms with E-state index in [-0.39, 0.29) is 11.7 Å². The van der Waals surface area contributed by atoms with Crippen molar-refractivity contribution >= 4 is 39.8 Å². The third-order valence-corrected chi connectivity index (χ3v) is 4.42. The van der Waals surface area contributed by atoms with Crippen molar-refractivity contribution in [3.8, 4) is 5.75 Å². The molecule has 0 aliphatic carbocycles. The molecule has 0 radical (unpaired) electrons. The fourth-order valence-corrected chi connectivity index (χ4v) is 2.91. The number of halogens is 1. The molecule has 0 saturated heterocycles. The van der Waals surface area contributed by atoms with Crippen molar-refractivity contribution in [3.05, 3.63) is 49.7 Å². The van der Waals surface area contributed by atoms with Gasteiger partial charge in [-0.3, -0.25) is 4.79 Å². The molecule has 5 heteroatoms. The van der Waals surface area contributed by atoms with Crippen LogP contribution in [0.3, 0.4) is 0 Å². The molecular formula is C14H14INO2S. The van der Waals surface area contributed by atoms with Crippen molar-refractivity contribution in [2.75, 3.05) is 13.6 Å². The zero-order chi connectivity index (χ0) is 13.8. The van der Waals surface area contributed by atoms with Gasteiger partial charge in [0.05, 0.1) is 5.56 Å². The van der Waals surface area contributed by atoms with Crippen molar-refractivity contribution in [1.82, 2.24) is 4.90 Å². The number of hydrogen-bond acceptors (Lipinski definition) is 3. The lowest BCUT2D eigenvalue weighted by molar-refractivity contribution is 0.0794. The Morgan fingerprint density at radius 3 is 2.89 bits per heavy atom. The largest absolute Gasteiger partial charge is 0.507 e. The van der Waals surface area contributed by atoms with Gasteiger partial charge in [0.15, 0.2) is 0 Å². The molecule has 0 spiro atoms. The molecule has 2 rings (SSSR count). The molecule has 0 unspecified atom stereocenters. The summed E-state index contributed by atoms with van der Waals surface area (Å²) in [5, 5.41) is 11.8. The van der Waals surface area contributed by atoms with Crippen LogP contribution in [0.25, 0.3) is 0 Å². The molecule has 0 bridgehead atoms. The summed E-state index contributed by atoms with van der Waals surface area (Å²) in [4.78, 5) is 15.1. The molecule has 0 saturated carbocycles. The summed E-state index contributed by atoms with van der Waals surface area (Å²) in [6, 6.07) is 9.11. The summed E-state index contributed by atoms with van der Waals surface area (Å²) in [6.07, 6.45) is 0.838. The van der Waals surface area contributed by atoms with Crippen LogP contribution in [0.15, 0.2) is 35.7 Å². The van der Waals surface area contributed by atoms with Gasteiger partial charge in [0, 0.05) is 22.0 Å². The minimum absolute atomic E-state index is 0.0355. The van der Waals surface area contributed by atoms with E-state index in [2.05, 4.69) is 28.7 Å². The van der Waals surface area contributed by atoms with Crippen LogP contribution < -0.4 is 0 Å². The number of rotatable bonds is 4. The number of phenols is 1. The molecule has 1 amide bonds. The first-order valence-electron chi connectivity index (χ1n) is 5.84. The lowest BCUT2D eigenvalue weighted by Gasteiger charge is -2.17. The standard InChI is InChI=1S/C14H14INO2S/c1-16(7-6-11-3-2-8-19-11)14(18)12-9-10(15)4-5-13(12)17/h2-5,8-9,17H,6-7H2,1H3. The van der Waals surface area contributed by atoms with Gasteiger partial charge >= 0.3 is 0 Å². The van der Waals surface area contributed by atoms with Crippen LogP contribution in [0.4, 0.5) is 0 Å². The Labute approximate surface area is 130 Å². The van der Waals surface area contributed by atoms with E-state index < -0.39 is 0 Å². The predicted molar refractivity (Wildman–Crippen MR) is 85.8 cm³/mol. The molecule has 1 heterocycles. The maximum Gasteiger partial charge on any atom is 0.257 e. The summed E-state index contributed by atoms with van der Waals surface area (Å²) < 4.78 is 0.936. The van der Waals surface area contributed by atoms with E-state index in [9.17, 15) is 9.90 Å². The zero-order valence-corrected chi connectivity index (χ0v) is 13.4. The number of aromatic hydroxyl groups is 1. The molecule has 100 valence electrons. The Balaban J connectivity index is 2.04. The Morgan fingerprint density at radius 2 is 2.21 bits per heavy atom. The van der Waals surface area contributed by atoms with Crippen molar-refractivity contribution in [2.45, 2.75) is 6.42 Å². The normalized spacial score (nSPS) is 10.4. The quantitative estimate of drug-likeness (QED) is 0.818. The second kappa shape index (κ2) is 6.38. The SMILES string of the molecule is CN(CCc1cccs1)C(=O)c1cc(I)ccc1O. The van der Waals surface area contributed by atoms with Crippen LogP contribution in [0.1, 0.15) is 15.2 Å². The second-order valence-corrected chi connectivity index (χ2v) is 6.50. The number of carbonyl (C=O) groups is 1. The first-order chi connectivity index (χ1) is 9.08. The van der Waals surface area contributed by atoms with Gasteiger partial charge < -0.3 is 10.0 Å². The minimum Gasteiger partial charge on any atom is -0.507 e. The van der Waals surface area contributed by atoms with Gasteiger partial charge in [-0.15, -0.1) is 11.3 Å². The number of benzene rings is 1. The fourth-order valence-electron chi connectivity index (χ4n) is 1.72. The molecule has 0 atom stereocenters. The lowest BCUT2D eigenvalue weighted by atomic mass is 10.1. The van der Waals surface area contributed by atoms with Gasteiger partial charge in [0.1, 0.15) is 5.75 Å². The van der Waals surface area contributed by atoms with Crippen molar-refractivity contribution in [1.29, 1.82) is 0 Å². The summed E-state index contributed by atoms with van der Waals surface area (Å²) in [6.45, 7) is 0.643. The van der Waals surface area contributed by atoms with Gasteiger partial charge in [-0.05, 0) is 58.7 Å². The summed E-state index contributed by atoms with van der Waals surface area (Å²) in [5.74, 6) is -0.110. The maximum absolute atomic E-state index is 12.2. The van der Waals surface area contributed by atoms with Gasteiger partial charge in [-0.1, -0.05) is 6.07 Å². The van der Waals surface area contributed by atoms with E-state index in [4.69, 9.17) is 0 Å². The average Bonchev–Trinajstić information content (AvgIpc) is 2.91. The number of nitrogens with zero attached hydrogens (tertiary/aromatic N) is 1. The Morgan fingerprint density at radius 1 is 1.42 bits per heavy atom. The van der Waals surface area contributed by atoms with Crippen LogP contribution >= 0.6 is 33.9 Å². The fraction of sp³-hybridized carbons (Fsp3) is 0.214. The molecule has 2 aromatic rings. The third kappa shape index (κ3) is 3.70. The molecular weight excluding hydrogens is 373 g/mol. The molecule has 1 aromatic heterocycles. The van der Waals surface area contributed by atoms with Gasteiger partial charge in [-0.2, -0.15) is 0 Å². The molecule has 0 fully saturated rings. The summed E-state index contributed by atoms with van der Waals surface area (Å²) in [5.41, 5.74) is 0.362. The Hall–Kier alpha value is -1.08. The maximum atomic E-state index is 12.2. The molecule has 3 nitrogen and oxygen atoms in total. The highest BCUT2D eigenvalue weighted by Gasteiger charge is 2.16. The van der Waals surface area contributed by atoms with Crippen LogP contribution in [-0.4, -0.2) is 29.5 Å². The average molecular weight is 387 g/mol. The summed E-state index contributed by atoms with van der Waals surface area (Å²) in [7, 11) is 1.76. The highest BCUT2D eigenvalue weighted by molar-refractivity contribution is 14.1. The van der Waals surface area contributed by atoms with Crippen LogP contribution in [0.5, 0.6) is 5.75 Å². The van der Waals surface area contributed by atoms with Gasteiger partial charge in [-0.25, -0.2) is 0 Å². The van der Waals surface area contributed by atoms with Crippen molar-refractivity contribution in [3.63, 3.8) is 0 Å². The third-order valence-electron chi connectivity index (χ3n) is 2.81. The number of thiophene rings is 1. The van der Waals surface area contributed by atoms with E-state index in [0.29, 0.717) is 12.1 Å². The van der Waals surface area contributed by atoms with Gasteiger partial charge in [0.25, 0.3) is 5.91 Å². The topological polar surface area (TPSA) is 40.5 Å². The van der Waals surface area contributed by atoms with Crippen molar-refractivity contribution < 1.29 is 9.90 Å². The number of likely N-dealkylation sites (N-methyl/N-ethyl adjacent to an activating group) is 1. The van der Waals surface area contributed by atoms with Crippen LogP contribution in [-0.2, 0) is 6.42 Å².